The van der Waals surface area contributed by atoms with Crippen LogP contribution < -0.4 is 0 Å². The van der Waals surface area contributed by atoms with E-state index in [-0.39, 0.29) is 11.4 Å². The average molecular weight is 284 g/mol. The number of unbranched alkanes of at least 4 members (excludes halogenated alkanes) is 6. The zero-order valence-corrected chi connectivity index (χ0v) is 14.5. The Bertz CT molecular complexity index is 240. The summed E-state index contributed by atoms with van der Waals surface area (Å²) in [6.07, 6.45) is 10.4. The van der Waals surface area contributed by atoms with Crippen molar-refractivity contribution in [3.63, 3.8) is 0 Å². The molecule has 1 atom stereocenters. The first-order valence-electron chi connectivity index (χ1n) is 8.50. The molecule has 0 N–H and O–H groups in total. The Morgan fingerprint density at radius 2 is 1.55 bits per heavy atom. The van der Waals surface area contributed by atoms with Gasteiger partial charge in [-0.25, -0.2) is 0 Å². The van der Waals surface area contributed by atoms with Crippen molar-refractivity contribution < 1.29 is 9.53 Å². The fraction of sp³-hybridized carbons (Fsp3) is 0.944. The van der Waals surface area contributed by atoms with E-state index in [1.165, 1.54) is 38.5 Å². The Morgan fingerprint density at radius 3 is 2.10 bits per heavy atom. The van der Waals surface area contributed by atoms with Crippen molar-refractivity contribution in [1.82, 2.24) is 0 Å². The van der Waals surface area contributed by atoms with Crippen molar-refractivity contribution in [3.05, 3.63) is 0 Å². The van der Waals surface area contributed by atoms with E-state index in [2.05, 4.69) is 34.6 Å². The molecule has 120 valence electrons. The summed E-state index contributed by atoms with van der Waals surface area (Å²) in [6.45, 7) is 11.6. The SMILES string of the molecule is CCCCCCCCCOC(=O)CC(C)CC(C)(C)C. The molecule has 20 heavy (non-hydrogen) atoms. The number of hydrogen-bond acceptors (Lipinski definition) is 2. The summed E-state index contributed by atoms with van der Waals surface area (Å²) >= 11 is 0. The number of esters is 1. The lowest BCUT2D eigenvalue weighted by Gasteiger charge is -2.22. The Balaban J connectivity index is 3.45. The van der Waals surface area contributed by atoms with Gasteiger partial charge < -0.3 is 4.74 Å². The van der Waals surface area contributed by atoms with Gasteiger partial charge in [0.15, 0.2) is 0 Å². The first-order valence-corrected chi connectivity index (χ1v) is 8.50. The summed E-state index contributed by atoms with van der Waals surface area (Å²) in [5.74, 6) is 0.393. The van der Waals surface area contributed by atoms with Gasteiger partial charge in [-0.2, -0.15) is 0 Å². The van der Waals surface area contributed by atoms with E-state index in [1.807, 2.05) is 0 Å². The third-order valence-electron chi connectivity index (χ3n) is 3.49. The Kier molecular flexibility index (Phi) is 10.9. The van der Waals surface area contributed by atoms with Gasteiger partial charge in [-0.1, -0.05) is 73.1 Å². The van der Waals surface area contributed by atoms with E-state index in [0.717, 1.165) is 12.8 Å². The Hall–Kier alpha value is -0.530. The van der Waals surface area contributed by atoms with Gasteiger partial charge in [-0.3, -0.25) is 4.79 Å². The van der Waals surface area contributed by atoms with Crippen molar-refractivity contribution in [1.29, 1.82) is 0 Å². The molecule has 0 bridgehead atoms. The lowest BCUT2D eigenvalue weighted by atomic mass is 9.84. The van der Waals surface area contributed by atoms with E-state index in [0.29, 0.717) is 18.9 Å². The molecular formula is C18H36O2. The Morgan fingerprint density at radius 1 is 1.00 bits per heavy atom. The highest BCUT2D eigenvalue weighted by Gasteiger charge is 2.18. The zero-order chi connectivity index (χ0) is 15.4. The summed E-state index contributed by atoms with van der Waals surface area (Å²) in [5, 5.41) is 0. The van der Waals surface area contributed by atoms with Crippen LogP contribution in [0, 0.1) is 11.3 Å². The summed E-state index contributed by atoms with van der Waals surface area (Å²) in [6, 6.07) is 0. The molecule has 1 unspecified atom stereocenters. The fourth-order valence-corrected chi connectivity index (χ4v) is 2.71. The van der Waals surface area contributed by atoms with Crippen LogP contribution in [-0.4, -0.2) is 12.6 Å². The van der Waals surface area contributed by atoms with Crippen LogP contribution in [0.1, 0.15) is 92.4 Å². The maximum absolute atomic E-state index is 11.7. The lowest BCUT2D eigenvalue weighted by molar-refractivity contribution is -0.144. The molecule has 2 heteroatoms. The number of ether oxygens (including phenoxy) is 1. The number of carbonyl (C=O) groups is 1. The van der Waals surface area contributed by atoms with Crippen molar-refractivity contribution in [2.75, 3.05) is 6.61 Å². The molecule has 2 nitrogen and oxygen atoms in total. The molecule has 0 aliphatic rings. The lowest BCUT2D eigenvalue weighted by Crippen LogP contribution is -2.16. The van der Waals surface area contributed by atoms with E-state index >= 15 is 0 Å². The summed E-state index contributed by atoms with van der Waals surface area (Å²) in [4.78, 5) is 11.7. The molecule has 0 aromatic carbocycles. The van der Waals surface area contributed by atoms with Crippen LogP contribution in [0.4, 0.5) is 0 Å². The van der Waals surface area contributed by atoms with Crippen LogP contribution >= 0.6 is 0 Å². The molecule has 0 amide bonds. The molecular weight excluding hydrogens is 248 g/mol. The monoisotopic (exact) mass is 284 g/mol. The van der Waals surface area contributed by atoms with Crippen LogP contribution in [0.5, 0.6) is 0 Å². The minimum atomic E-state index is -0.0206. The second-order valence-electron chi connectivity index (χ2n) is 7.42. The molecule has 0 rings (SSSR count). The zero-order valence-electron chi connectivity index (χ0n) is 14.5. The maximum Gasteiger partial charge on any atom is 0.306 e. The topological polar surface area (TPSA) is 26.3 Å². The number of rotatable bonds is 11. The molecule has 0 aliphatic carbocycles. The molecule has 0 saturated heterocycles. The van der Waals surface area contributed by atoms with Gasteiger partial charge >= 0.3 is 5.97 Å². The summed E-state index contributed by atoms with van der Waals surface area (Å²) in [5.41, 5.74) is 0.290. The number of carbonyl (C=O) groups excluding carboxylic acids is 1. The van der Waals surface area contributed by atoms with Crippen LogP contribution in [0.2, 0.25) is 0 Å². The van der Waals surface area contributed by atoms with Gasteiger partial charge in [0, 0.05) is 6.42 Å². The van der Waals surface area contributed by atoms with Crippen LogP contribution in [0.15, 0.2) is 0 Å². The van der Waals surface area contributed by atoms with Crippen molar-refractivity contribution >= 4 is 5.97 Å². The van der Waals surface area contributed by atoms with E-state index in [1.54, 1.807) is 0 Å². The molecule has 0 spiro atoms. The number of hydrogen-bond donors (Lipinski definition) is 0. The molecule has 0 saturated carbocycles. The minimum Gasteiger partial charge on any atom is -0.466 e. The fourth-order valence-electron chi connectivity index (χ4n) is 2.71. The second-order valence-corrected chi connectivity index (χ2v) is 7.42. The molecule has 0 aromatic rings. The summed E-state index contributed by atoms with van der Waals surface area (Å²) in [7, 11) is 0. The van der Waals surface area contributed by atoms with Crippen LogP contribution in [0.3, 0.4) is 0 Å². The van der Waals surface area contributed by atoms with E-state index < -0.39 is 0 Å². The second kappa shape index (κ2) is 11.2. The largest absolute Gasteiger partial charge is 0.466 e. The standard InChI is InChI=1S/C18H36O2/c1-6-7-8-9-10-11-12-13-20-17(19)14-16(2)15-18(3,4)5/h16H,6-15H2,1-5H3. The smallest absolute Gasteiger partial charge is 0.306 e. The predicted octanol–water partition coefficient (Wildman–Crippen LogP) is 5.74. The predicted molar refractivity (Wildman–Crippen MR) is 86.8 cm³/mol. The highest BCUT2D eigenvalue weighted by molar-refractivity contribution is 5.69. The highest BCUT2D eigenvalue weighted by atomic mass is 16.5. The molecule has 0 radical (unpaired) electrons. The Labute approximate surface area is 126 Å². The van der Waals surface area contributed by atoms with Crippen molar-refractivity contribution in [2.24, 2.45) is 11.3 Å². The van der Waals surface area contributed by atoms with Crippen LogP contribution in [-0.2, 0) is 9.53 Å². The average Bonchev–Trinajstić information content (AvgIpc) is 2.30. The highest BCUT2D eigenvalue weighted by Crippen LogP contribution is 2.26. The van der Waals surface area contributed by atoms with Gasteiger partial charge in [0.1, 0.15) is 0 Å². The van der Waals surface area contributed by atoms with Gasteiger partial charge in [0.05, 0.1) is 6.61 Å². The first kappa shape index (κ1) is 19.5. The molecule has 0 heterocycles. The third-order valence-corrected chi connectivity index (χ3v) is 3.49. The van der Waals surface area contributed by atoms with Gasteiger partial charge in [0.25, 0.3) is 0 Å². The molecule has 0 aliphatic heterocycles. The molecule has 0 aromatic heterocycles. The van der Waals surface area contributed by atoms with Crippen molar-refractivity contribution in [2.45, 2.75) is 92.4 Å². The third kappa shape index (κ3) is 13.9. The van der Waals surface area contributed by atoms with Crippen molar-refractivity contribution in [3.8, 4) is 0 Å². The van der Waals surface area contributed by atoms with Gasteiger partial charge in [0.2, 0.25) is 0 Å². The van der Waals surface area contributed by atoms with Crippen LogP contribution in [0.25, 0.3) is 0 Å². The van der Waals surface area contributed by atoms with Gasteiger partial charge in [-0.05, 0) is 24.2 Å². The normalized spacial score (nSPS) is 13.2. The molecule has 0 fully saturated rings. The minimum absolute atomic E-state index is 0.0206. The van der Waals surface area contributed by atoms with Gasteiger partial charge in [-0.15, -0.1) is 0 Å². The van der Waals surface area contributed by atoms with E-state index in [4.69, 9.17) is 4.74 Å². The maximum atomic E-state index is 11.7. The quantitative estimate of drug-likeness (QED) is 0.357. The summed E-state index contributed by atoms with van der Waals surface area (Å²) < 4.78 is 5.32. The van der Waals surface area contributed by atoms with E-state index in [9.17, 15) is 4.79 Å². The first-order chi connectivity index (χ1) is 9.35.